The lowest BCUT2D eigenvalue weighted by Gasteiger charge is -2.20. The van der Waals surface area contributed by atoms with Crippen molar-refractivity contribution in [1.29, 1.82) is 0 Å². The first-order valence-corrected chi connectivity index (χ1v) is 33.6. The molecule has 12 heteroatoms. The second-order valence-electron chi connectivity index (χ2n) is 24.1. The normalized spacial score (nSPS) is 11.1. The van der Waals surface area contributed by atoms with Crippen molar-refractivity contribution in [3.8, 4) is 50.6 Å². The minimum atomic E-state index is -0.149. The topological polar surface area (TPSA) is 151 Å². The van der Waals surface area contributed by atoms with Gasteiger partial charge in [0, 0.05) is 56.0 Å². The molecule has 12 nitrogen and oxygen atoms in total. The number of unbranched alkanes of at least 4 members (excludes halogenated alkanes) is 3. The van der Waals surface area contributed by atoms with Gasteiger partial charge in [-0.15, -0.1) is 0 Å². The Kier molecular flexibility index (Phi) is 24.6. The Bertz CT molecular complexity index is 3680. The molecule has 0 aromatic heterocycles. The molecular weight excluding hydrogens is 1150 g/mol. The third-order valence-electron chi connectivity index (χ3n) is 16.9. The van der Waals surface area contributed by atoms with Crippen molar-refractivity contribution >= 4 is 50.4 Å². The molecule has 0 fully saturated rings. The van der Waals surface area contributed by atoms with Gasteiger partial charge in [0.15, 0.2) is 0 Å². The highest BCUT2D eigenvalue weighted by Gasteiger charge is 2.20. The summed E-state index contributed by atoms with van der Waals surface area (Å²) in [6, 6.07) is 70.4. The van der Waals surface area contributed by atoms with E-state index >= 15 is 0 Å². The van der Waals surface area contributed by atoms with Gasteiger partial charge in [0.05, 0.1) is 0 Å². The van der Waals surface area contributed by atoms with Crippen LogP contribution < -0.4 is 46.1 Å². The van der Waals surface area contributed by atoms with Gasteiger partial charge in [-0.05, 0) is 213 Å². The average Bonchev–Trinajstić information content (AvgIpc) is 0.837. The number of amides is 6. The summed E-state index contributed by atoms with van der Waals surface area (Å²) >= 11 is 0. The molecule has 0 heterocycles. The maximum atomic E-state index is 12.8. The predicted octanol–water partition coefficient (Wildman–Crippen LogP) is 18.0. The number of hydrogen-bond acceptors (Lipinski definition) is 6. The van der Waals surface area contributed by atoms with Crippen molar-refractivity contribution in [3.05, 3.63) is 234 Å². The van der Waals surface area contributed by atoms with Crippen LogP contribution in [0.3, 0.4) is 0 Å². The minimum absolute atomic E-state index is 0.149. The van der Waals surface area contributed by atoms with Crippen molar-refractivity contribution < 1.29 is 28.6 Å². The van der Waals surface area contributed by atoms with Gasteiger partial charge in [-0.3, -0.25) is 0 Å². The highest BCUT2D eigenvalue weighted by molar-refractivity contribution is 5.88. The lowest BCUT2D eigenvalue weighted by molar-refractivity contribution is 0.239. The number of nitrogens with one attached hydrogen (secondary N) is 6. The van der Waals surface area contributed by atoms with E-state index < -0.39 is 0 Å². The zero-order valence-corrected chi connectivity index (χ0v) is 54.4. The number of rotatable bonds is 33. The Hall–Kier alpha value is -9.81. The molecule has 0 saturated carbocycles. The van der Waals surface area contributed by atoms with Crippen LogP contribution >= 0.6 is 0 Å². The van der Waals surface area contributed by atoms with Crippen LogP contribution in [-0.2, 0) is 39.1 Å². The number of carbonyl (C=O) groups excluding carboxylic acids is 3. The zero-order chi connectivity index (χ0) is 64.4. The number of carbonyl (C=O) groups is 3. The van der Waals surface area contributed by atoms with Crippen molar-refractivity contribution in [3.63, 3.8) is 0 Å². The molecule has 480 valence electrons. The Morgan fingerprint density at radius 3 is 0.817 bits per heavy atom. The first kappa shape index (κ1) is 66.1. The number of aryl methyl sites for hydroxylation is 3. The Morgan fingerprint density at radius 2 is 0.538 bits per heavy atom. The summed E-state index contributed by atoms with van der Waals surface area (Å²) in [4.78, 5) is 38.3. The molecule has 6 amide bonds. The summed E-state index contributed by atoms with van der Waals surface area (Å²) in [6.45, 7) is 10.9. The number of ether oxygens (including phenoxy) is 3. The maximum absolute atomic E-state index is 12.8. The van der Waals surface area contributed by atoms with Crippen molar-refractivity contribution in [2.45, 2.75) is 118 Å². The third kappa shape index (κ3) is 19.6. The smallest absolute Gasteiger partial charge is 0.314 e. The van der Waals surface area contributed by atoms with Crippen LogP contribution in [0.4, 0.5) is 14.4 Å². The molecule has 0 atom stereocenters. The molecule has 0 spiro atoms. The summed E-state index contributed by atoms with van der Waals surface area (Å²) in [5.74, 6) is 2.18. The van der Waals surface area contributed by atoms with E-state index in [0.29, 0.717) is 78.4 Å². The largest absolute Gasteiger partial charge is 0.488 e. The van der Waals surface area contributed by atoms with Crippen molar-refractivity contribution in [2.75, 3.05) is 39.3 Å². The van der Waals surface area contributed by atoms with Gasteiger partial charge in [-0.2, -0.15) is 0 Å². The molecule has 0 unspecified atom stereocenters. The van der Waals surface area contributed by atoms with Crippen molar-refractivity contribution in [1.82, 2.24) is 31.9 Å². The molecule has 0 aliphatic carbocycles. The molecule has 10 aromatic rings. The van der Waals surface area contributed by atoms with Crippen LogP contribution in [-0.4, -0.2) is 57.4 Å². The molecule has 0 saturated heterocycles. The third-order valence-corrected chi connectivity index (χ3v) is 16.9. The van der Waals surface area contributed by atoms with E-state index in [1.54, 1.807) is 0 Å². The van der Waals surface area contributed by atoms with Crippen LogP contribution in [0.25, 0.3) is 65.7 Å². The number of fused-ring (bicyclic) bond motifs is 3. The van der Waals surface area contributed by atoms with Gasteiger partial charge in [0.25, 0.3) is 0 Å². The Morgan fingerprint density at radius 1 is 0.280 bits per heavy atom. The predicted molar refractivity (Wildman–Crippen MR) is 381 cm³/mol. The summed E-state index contributed by atoms with van der Waals surface area (Å²) in [5, 5.41) is 25.1. The van der Waals surface area contributed by atoms with Gasteiger partial charge in [0.2, 0.25) is 0 Å². The summed E-state index contributed by atoms with van der Waals surface area (Å²) in [6.07, 6.45) is 10.2. The van der Waals surface area contributed by atoms with Gasteiger partial charge in [-0.1, -0.05) is 167 Å². The lowest BCUT2D eigenvalue weighted by Crippen LogP contribution is -2.36. The Balaban J connectivity index is 1.09. The fraction of sp³-hybridized carbons (Fsp3) is 0.296. The van der Waals surface area contributed by atoms with E-state index in [4.69, 9.17) is 14.2 Å². The van der Waals surface area contributed by atoms with E-state index in [2.05, 4.69) is 253 Å². The second-order valence-corrected chi connectivity index (χ2v) is 24.1. The van der Waals surface area contributed by atoms with E-state index in [9.17, 15) is 14.4 Å². The van der Waals surface area contributed by atoms with E-state index in [1.165, 1.54) is 16.2 Å². The van der Waals surface area contributed by atoms with Crippen LogP contribution in [0.5, 0.6) is 17.2 Å². The maximum Gasteiger partial charge on any atom is 0.314 e. The van der Waals surface area contributed by atoms with Crippen LogP contribution in [0.15, 0.2) is 200 Å². The molecule has 0 bridgehead atoms. The molecule has 10 aromatic carbocycles. The van der Waals surface area contributed by atoms with Gasteiger partial charge >= 0.3 is 18.1 Å². The monoisotopic (exact) mass is 1240 g/mol. The minimum Gasteiger partial charge on any atom is -0.488 e. The van der Waals surface area contributed by atoms with Crippen molar-refractivity contribution in [2.24, 2.45) is 0 Å². The standard InChI is InChI=1S/C81H90N6O6/c1-4-7-40-82-79(88)85-43-16-19-58-31-37-76(91-55-61-28-34-64-22-10-13-25-67(64)46-61)73(49-58)70-52-71(74-50-59(20-17-44-86-80(89)83-41-8-5-2)32-38-77(74)92-56-62-29-35-65-23-11-14-26-68(65)47-62)54-72(53-70)75-51-60(21-18-45-87-81(90)84-42-9-6-3)33-39-78(75)93-57-63-30-36-66-24-12-15-27-69(66)48-63/h10-15,22-39,46-54H,4-9,16-21,40-45,55-57H2,1-3H3,(H2,82,85,88)(H2,83,86,89)(H2,84,87,90). The lowest BCUT2D eigenvalue weighted by atomic mass is 9.90. The zero-order valence-electron chi connectivity index (χ0n) is 54.4. The second kappa shape index (κ2) is 34.6. The first-order chi connectivity index (χ1) is 45.7. The molecule has 0 aliphatic heterocycles. The van der Waals surface area contributed by atoms with Crippen LogP contribution in [0.1, 0.15) is 112 Å². The van der Waals surface area contributed by atoms with E-state index in [0.717, 1.165) is 158 Å². The van der Waals surface area contributed by atoms with E-state index in [1.807, 2.05) is 0 Å². The van der Waals surface area contributed by atoms with Gasteiger partial charge < -0.3 is 46.1 Å². The first-order valence-electron chi connectivity index (χ1n) is 33.6. The number of benzene rings is 10. The SMILES string of the molecule is CCCCNC(=O)NCCCc1ccc(OCc2ccc3ccccc3c2)c(-c2cc(-c3cc(CCCNC(=O)NCCCC)ccc3OCc3ccc4ccccc4c3)cc(-c3cc(CCCNC(=O)NCCCC)ccc3OCc3ccc4ccccc4c3)c2)c1. The van der Waals surface area contributed by atoms with Gasteiger partial charge in [0.1, 0.15) is 37.1 Å². The molecule has 10 rings (SSSR count). The molecule has 0 aliphatic rings. The van der Waals surface area contributed by atoms with E-state index in [-0.39, 0.29) is 18.1 Å². The summed E-state index contributed by atoms with van der Waals surface area (Å²) in [7, 11) is 0. The quantitative estimate of drug-likeness (QED) is 0.0226. The number of hydrogen-bond donors (Lipinski definition) is 6. The van der Waals surface area contributed by atoms with Crippen LogP contribution in [0.2, 0.25) is 0 Å². The van der Waals surface area contributed by atoms with Crippen LogP contribution in [0, 0.1) is 0 Å². The molecule has 6 N–H and O–H groups in total. The fourth-order valence-electron chi connectivity index (χ4n) is 11.6. The summed E-state index contributed by atoms with van der Waals surface area (Å²) < 4.78 is 21.0. The molecule has 0 radical (unpaired) electrons. The highest BCUT2D eigenvalue weighted by atomic mass is 16.5. The average molecular weight is 1240 g/mol. The van der Waals surface area contributed by atoms with Gasteiger partial charge in [-0.25, -0.2) is 14.4 Å². The fourth-order valence-corrected chi connectivity index (χ4v) is 11.6. The molecule has 93 heavy (non-hydrogen) atoms. The highest BCUT2D eigenvalue weighted by Crippen LogP contribution is 2.43. The number of urea groups is 3. The summed E-state index contributed by atoms with van der Waals surface area (Å²) in [5.41, 5.74) is 12.0. The molecular formula is C81H90N6O6. The Labute approximate surface area is 549 Å².